The lowest BCUT2D eigenvalue weighted by atomic mass is 10.0. The predicted octanol–water partition coefficient (Wildman–Crippen LogP) is 4.01. The Hall–Kier alpha value is -2.49. The maximum Gasteiger partial charge on any atom is 0.340 e. The lowest BCUT2D eigenvalue weighted by molar-refractivity contribution is 0.0602. The molecule has 1 heterocycles. The number of methoxy groups -OCH3 is 1. The molecule has 0 saturated carbocycles. The molecule has 0 aliphatic rings. The van der Waals surface area contributed by atoms with E-state index in [4.69, 9.17) is 4.74 Å². The number of carbonyl (C=O) groups is 1. The van der Waals surface area contributed by atoms with Crippen molar-refractivity contribution in [3.63, 3.8) is 0 Å². The molecule has 4 nitrogen and oxygen atoms in total. The first-order valence-corrected chi connectivity index (χ1v) is 7.42. The molecule has 1 N–H and O–H groups in total. The van der Waals surface area contributed by atoms with E-state index in [1.165, 1.54) is 7.11 Å². The van der Waals surface area contributed by atoms with E-state index in [1.54, 1.807) is 6.07 Å². The van der Waals surface area contributed by atoms with Crippen LogP contribution in [0.4, 0.5) is 0 Å². The smallest absolute Gasteiger partial charge is 0.340 e. The Bertz CT molecular complexity index is 877. The molecular formula is C18H19NO3. The molecule has 0 atom stereocenters. The van der Waals surface area contributed by atoms with Crippen molar-refractivity contribution >= 4 is 27.6 Å². The van der Waals surface area contributed by atoms with E-state index in [9.17, 15) is 9.90 Å². The van der Waals surface area contributed by atoms with Gasteiger partial charge in [-0.1, -0.05) is 31.2 Å². The van der Waals surface area contributed by atoms with Crippen molar-refractivity contribution in [3.8, 4) is 5.75 Å². The number of phenols is 1. The molecule has 0 saturated heterocycles. The molecule has 3 aromatic rings. The van der Waals surface area contributed by atoms with Gasteiger partial charge in [0.25, 0.3) is 0 Å². The number of aromatic nitrogens is 1. The number of hydrogen-bond acceptors (Lipinski definition) is 3. The number of phenolic OH excluding ortho intramolecular Hbond substituents is 1. The largest absolute Gasteiger partial charge is 0.507 e. The van der Waals surface area contributed by atoms with Gasteiger partial charge in [0, 0.05) is 28.4 Å². The minimum absolute atomic E-state index is 0.182. The van der Waals surface area contributed by atoms with Crippen molar-refractivity contribution in [3.05, 3.63) is 41.6 Å². The molecule has 0 bridgehead atoms. The second-order valence-electron chi connectivity index (χ2n) is 5.44. The lowest BCUT2D eigenvalue weighted by Crippen LogP contribution is -2.05. The number of hydrogen-bond donors (Lipinski definition) is 1. The van der Waals surface area contributed by atoms with Crippen LogP contribution in [-0.2, 0) is 11.3 Å². The summed E-state index contributed by atoms with van der Waals surface area (Å²) in [4.78, 5) is 12.2. The van der Waals surface area contributed by atoms with Crippen molar-refractivity contribution in [2.45, 2.75) is 26.8 Å². The van der Waals surface area contributed by atoms with Gasteiger partial charge in [-0.3, -0.25) is 0 Å². The molecule has 0 aliphatic heterocycles. The number of aryl methyl sites for hydroxylation is 1. The molecule has 0 unspecified atom stereocenters. The number of nitrogens with zero attached hydrogens (tertiary/aromatic N) is 1. The third kappa shape index (κ3) is 1.95. The van der Waals surface area contributed by atoms with Gasteiger partial charge in [0.1, 0.15) is 5.75 Å². The Morgan fingerprint density at radius 3 is 2.55 bits per heavy atom. The molecule has 0 amide bonds. The predicted molar refractivity (Wildman–Crippen MR) is 87.5 cm³/mol. The fourth-order valence-electron chi connectivity index (χ4n) is 3.18. The number of rotatable bonds is 3. The quantitative estimate of drug-likeness (QED) is 0.743. The normalized spacial score (nSPS) is 11.2. The first-order chi connectivity index (χ1) is 10.6. The highest BCUT2D eigenvalue weighted by atomic mass is 16.5. The topological polar surface area (TPSA) is 51.5 Å². The molecule has 114 valence electrons. The summed E-state index contributed by atoms with van der Waals surface area (Å²) < 4.78 is 7.08. The Morgan fingerprint density at radius 1 is 1.23 bits per heavy atom. The lowest BCUT2D eigenvalue weighted by Gasteiger charge is -2.09. The van der Waals surface area contributed by atoms with Crippen LogP contribution in [0.25, 0.3) is 21.7 Å². The third-order valence-corrected chi connectivity index (χ3v) is 4.14. The molecule has 4 heteroatoms. The number of carbonyl (C=O) groups excluding carboxylic acids is 1. The standard InChI is InChI=1S/C18H19NO3/c1-4-9-19-11(2)16(18(21)22-3)14-10-15(20)12-7-5-6-8-13(12)17(14)19/h5-8,10,20H,4,9H2,1-3H3. The number of benzene rings is 2. The number of aromatic hydroxyl groups is 1. The summed E-state index contributed by atoms with van der Waals surface area (Å²) in [6.45, 7) is 4.84. The van der Waals surface area contributed by atoms with Crippen LogP contribution in [0.15, 0.2) is 30.3 Å². The van der Waals surface area contributed by atoms with Crippen molar-refractivity contribution in [2.75, 3.05) is 7.11 Å². The van der Waals surface area contributed by atoms with Gasteiger partial charge < -0.3 is 14.4 Å². The Morgan fingerprint density at radius 2 is 1.91 bits per heavy atom. The van der Waals surface area contributed by atoms with Gasteiger partial charge >= 0.3 is 5.97 Å². The Labute approximate surface area is 128 Å². The molecule has 0 fully saturated rings. The van der Waals surface area contributed by atoms with Crippen molar-refractivity contribution < 1.29 is 14.6 Å². The molecule has 0 spiro atoms. The summed E-state index contributed by atoms with van der Waals surface area (Å²) in [6.07, 6.45) is 0.959. The van der Waals surface area contributed by atoms with Gasteiger partial charge in [-0.05, 0) is 19.4 Å². The van der Waals surface area contributed by atoms with Gasteiger partial charge in [-0.15, -0.1) is 0 Å². The molecule has 2 aromatic carbocycles. The van der Waals surface area contributed by atoms with Gasteiger partial charge in [-0.25, -0.2) is 4.79 Å². The Kier molecular flexibility index (Phi) is 3.53. The van der Waals surface area contributed by atoms with Crippen LogP contribution in [0.2, 0.25) is 0 Å². The summed E-state index contributed by atoms with van der Waals surface area (Å²) >= 11 is 0. The molecule has 0 aliphatic carbocycles. The zero-order chi connectivity index (χ0) is 15.9. The Balaban J connectivity index is 2.53. The van der Waals surface area contributed by atoms with E-state index < -0.39 is 0 Å². The fraction of sp³-hybridized carbons (Fsp3) is 0.278. The van der Waals surface area contributed by atoms with Gasteiger partial charge in [0.05, 0.1) is 18.2 Å². The van der Waals surface area contributed by atoms with Crippen molar-refractivity contribution in [1.29, 1.82) is 0 Å². The van der Waals surface area contributed by atoms with Gasteiger partial charge in [0.2, 0.25) is 0 Å². The minimum Gasteiger partial charge on any atom is -0.507 e. The highest BCUT2D eigenvalue weighted by Gasteiger charge is 2.22. The minimum atomic E-state index is -0.368. The van der Waals surface area contributed by atoms with E-state index in [1.807, 2.05) is 31.2 Å². The van der Waals surface area contributed by atoms with Crippen LogP contribution in [0, 0.1) is 6.92 Å². The van der Waals surface area contributed by atoms with Gasteiger partial charge in [0.15, 0.2) is 0 Å². The first-order valence-electron chi connectivity index (χ1n) is 7.42. The van der Waals surface area contributed by atoms with E-state index in [-0.39, 0.29) is 11.7 Å². The molecular weight excluding hydrogens is 278 g/mol. The van der Waals surface area contributed by atoms with E-state index in [2.05, 4.69) is 11.5 Å². The van der Waals surface area contributed by atoms with E-state index in [0.717, 1.165) is 40.3 Å². The van der Waals surface area contributed by atoms with E-state index >= 15 is 0 Å². The molecule has 3 rings (SSSR count). The van der Waals surface area contributed by atoms with Crippen LogP contribution in [0.5, 0.6) is 5.75 Å². The zero-order valence-corrected chi connectivity index (χ0v) is 13.0. The maximum absolute atomic E-state index is 12.2. The van der Waals surface area contributed by atoms with Gasteiger partial charge in [-0.2, -0.15) is 0 Å². The monoisotopic (exact) mass is 297 g/mol. The average Bonchev–Trinajstić information content (AvgIpc) is 2.80. The van der Waals surface area contributed by atoms with Crippen LogP contribution >= 0.6 is 0 Å². The van der Waals surface area contributed by atoms with Crippen LogP contribution in [0.1, 0.15) is 29.4 Å². The third-order valence-electron chi connectivity index (χ3n) is 4.14. The molecule has 0 radical (unpaired) electrons. The number of fused-ring (bicyclic) bond motifs is 3. The summed E-state index contributed by atoms with van der Waals surface area (Å²) in [6, 6.07) is 9.38. The van der Waals surface area contributed by atoms with Crippen LogP contribution in [0.3, 0.4) is 0 Å². The average molecular weight is 297 g/mol. The summed E-state index contributed by atoms with van der Waals surface area (Å²) in [5.41, 5.74) is 2.39. The van der Waals surface area contributed by atoms with E-state index in [0.29, 0.717) is 5.56 Å². The number of ether oxygens (including phenoxy) is 1. The fourth-order valence-corrected chi connectivity index (χ4v) is 3.18. The molecule has 1 aromatic heterocycles. The van der Waals surface area contributed by atoms with Crippen molar-refractivity contribution in [1.82, 2.24) is 4.57 Å². The second kappa shape index (κ2) is 5.37. The molecule has 22 heavy (non-hydrogen) atoms. The second-order valence-corrected chi connectivity index (χ2v) is 5.44. The zero-order valence-electron chi connectivity index (χ0n) is 13.0. The first kappa shape index (κ1) is 14.4. The van der Waals surface area contributed by atoms with Crippen LogP contribution < -0.4 is 0 Å². The SMILES string of the molecule is CCCn1c(C)c(C(=O)OC)c2cc(O)c3ccccc3c21. The van der Waals surface area contributed by atoms with Crippen LogP contribution in [-0.4, -0.2) is 22.8 Å². The summed E-state index contributed by atoms with van der Waals surface area (Å²) in [5.74, 6) is -0.186. The summed E-state index contributed by atoms with van der Waals surface area (Å²) in [5, 5.41) is 12.8. The highest BCUT2D eigenvalue weighted by molar-refractivity contribution is 6.16. The summed E-state index contributed by atoms with van der Waals surface area (Å²) in [7, 11) is 1.38. The number of esters is 1. The van der Waals surface area contributed by atoms with Crippen molar-refractivity contribution in [2.24, 2.45) is 0 Å². The highest BCUT2D eigenvalue weighted by Crippen LogP contribution is 2.37. The maximum atomic E-state index is 12.2.